The second-order valence-corrected chi connectivity index (χ2v) is 2.15. The van der Waals surface area contributed by atoms with Crippen molar-refractivity contribution in [2.75, 3.05) is 12.5 Å². The first-order valence-electron chi connectivity index (χ1n) is 3.21. The molecule has 13 heavy (non-hydrogen) atoms. The molecule has 0 aliphatic rings. The fourth-order valence-corrected chi connectivity index (χ4v) is 0.849. The fourth-order valence-electron chi connectivity index (χ4n) is 0.849. The summed E-state index contributed by atoms with van der Waals surface area (Å²) in [6, 6.07) is 1.32. The molecule has 0 unspecified atom stereocenters. The van der Waals surface area contributed by atoms with Crippen LogP contribution in [0.15, 0.2) is 12.1 Å². The third-order valence-corrected chi connectivity index (χ3v) is 1.42. The van der Waals surface area contributed by atoms with Crippen LogP contribution in [-0.2, 0) is 0 Å². The van der Waals surface area contributed by atoms with Crippen molar-refractivity contribution in [1.29, 1.82) is 0 Å². The SMILES string of the molecule is COc1c(N(F)F)ccc(F)c1F. The van der Waals surface area contributed by atoms with Gasteiger partial charge in [0.05, 0.1) is 7.11 Å². The first-order valence-corrected chi connectivity index (χ1v) is 3.21. The molecule has 0 fully saturated rings. The molecule has 2 nitrogen and oxygen atoms in total. The van der Waals surface area contributed by atoms with Gasteiger partial charge in [-0.05, 0) is 17.5 Å². The number of halogens is 4. The first-order chi connectivity index (χ1) is 6.07. The lowest BCUT2D eigenvalue weighted by Gasteiger charge is -2.09. The number of anilines is 1. The Morgan fingerprint density at radius 1 is 1.23 bits per heavy atom. The quantitative estimate of drug-likeness (QED) is 0.531. The Morgan fingerprint density at radius 2 is 1.85 bits per heavy atom. The van der Waals surface area contributed by atoms with Gasteiger partial charge in [0, 0.05) is 0 Å². The van der Waals surface area contributed by atoms with E-state index in [0.717, 1.165) is 13.2 Å². The highest BCUT2D eigenvalue weighted by molar-refractivity contribution is 5.55. The summed E-state index contributed by atoms with van der Waals surface area (Å²) in [6.45, 7) is 0. The van der Waals surface area contributed by atoms with Crippen molar-refractivity contribution in [2.45, 2.75) is 0 Å². The predicted octanol–water partition coefficient (Wildman–Crippen LogP) is 2.55. The van der Waals surface area contributed by atoms with Crippen molar-refractivity contribution < 1.29 is 22.5 Å². The number of hydrogen-bond donors (Lipinski definition) is 0. The molecular formula is C7H5F4NO. The van der Waals surface area contributed by atoms with Crippen LogP contribution in [0.2, 0.25) is 0 Å². The Bertz CT molecular complexity index is 316. The minimum absolute atomic E-state index is 0.597. The number of ether oxygens (including phenoxy) is 1. The van der Waals surface area contributed by atoms with Gasteiger partial charge in [-0.15, -0.1) is 0 Å². The summed E-state index contributed by atoms with van der Waals surface area (Å²) in [6.07, 6.45) is 0. The molecule has 0 radical (unpaired) electrons. The molecule has 0 saturated heterocycles. The molecule has 72 valence electrons. The normalized spacial score (nSPS) is 9.92. The summed E-state index contributed by atoms with van der Waals surface area (Å²) in [5.41, 5.74) is -0.818. The second kappa shape index (κ2) is 3.51. The van der Waals surface area contributed by atoms with Crippen LogP contribution >= 0.6 is 0 Å². The largest absolute Gasteiger partial charge is 0.491 e. The van der Waals surface area contributed by atoms with Crippen molar-refractivity contribution in [1.82, 2.24) is 0 Å². The molecule has 0 saturated carbocycles. The minimum atomic E-state index is -1.43. The molecular weight excluding hydrogens is 190 g/mol. The molecule has 0 aliphatic carbocycles. The predicted molar refractivity (Wildman–Crippen MR) is 37.6 cm³/mol. The number of rotatable bonds is 2. The molecule has 1 aromatic rings. The zero-order valence-corrected chi connectivity index (χ0v) is 6.52. The van der Waals surface area contributed by atoms with Gasteiger partial charge < -0.3 is 4.74 Å². The summed E-state index contributed by atoms with van der Waals surface area (Å²) in [5.74, 6) is -3.48. The van der Waals surface area contributed by atoms with Gasteiger partial charge in [0.2, 0.25) is 5.82 Å². The van der Waals surface area contributed by atoms with Gasteiger partial charge in [-0.2, -0.15) is 4.39 Å². The third kappa shape index (κ3) is 1.66. The Labute approximate surface area is 71.2 Å². The highest BCUT2D eigenvalue weighted by atomic mass is 19.4. The van der Waals surface area contributed by atoms with Crippen molar-refractivity contribution in [3.63, 3.8) is 0 Å². The standard InChI is InChI=1S/C7H5F4NO/c1-13-7-5(12(10)11)3-2-4(8)6(7)9/h2-3H,1H3. The lowest BCUT2D eigenvalue weighted by molar-refractivity contribution is 0.228. The lowest BCUT2D eigenvalue weighted by atomic mass is 10.3. The van der Waals surface area contributed by atoms with Crippen LogP contribution in [0.3, 0.4) is 0 Å². The molecule has 0 bridgehead atoms. The summed E-state index contributed by atoms with van der Waals surface area (Å²) in [4.78, 5) is 0. The average Bonchev–Trinajstić information content (AvgIpc) is 2.09. The van der Waals surface area contributed by atoms with Crippen LogP contribution in [0.5, 0.6) is 5.75 Å². The van der Waals surface area contributed by atoms with Gasteiger partial charge >= 0.3 is 0 Å². The van der Waals surface area contributed by atoms with E-state index in [2.05, 4.69) is 4.74 Å². The van der Waals surface area contributed by atoms with E-state index in [1.807, 2.05) is 0 Å². The van der Waals surface area contributed by atoms with Gasteiger partial charge in [-0.25, -0.2) is 4.39 Å². The van der Waals surface area contributed by atoms with E-state index in [9.17, 15) is 17.7 Å². The van der Waals surface area contributed by atoms with Crippen molar-refractivity contribution in [3.8, 4) is 5.75 Å². The van der Waals surface area contributed by atoms with Crippen molar-refractivity contribution in [3.05, 3.63) is 23.8 Å². The van der Waals surface area contributed by atoms with Gasteiger partial charge in [0.25, 0.3) is 0 Å². The van der Waals surface area contributed by atoms with E-state index >= 15 is 0 Å². The molecule has 0 aliphatic heterocycles. The molecule has 0 amide bonds. The van der Waals surface area contributed by atoms with Crippen LogP contribution in [0, 0.1) is 11.6 Å². The molecule has 0 N–H and O–H groups in total. The minimum Gasteiger partial charge on any atom is -0.491 e. The van der Waals surface area contributed by atoms with Gasteiger partial charge in [-0.1, -0.05) is 8.96 Å². The van der Waals surface area contributed by atoms with Crippen LogP contribution in [0.1, 0.15) is 0 Å². The molecule has 0 spiro atoms. The first kappa shape index (κ1) is 9.63. The number of benzene rings is 1. The number of methoxy groups -OCH3 is 1. The third-order valence-electron chi connectivity index (χ3n) is 1.42. The maximum atomic E-state index is 12.8. The summed E-state index contributed by atoms with van der Waals surface area (Å²) in [7, 11) is 0.977. The average molecular weight is 195 g/mol. The molecule has 6 heteroatoms. The molecule has 1 aromatic carbocycles. The van der Waals surface area contributed by atoms with Crippen LogP contribution < -0.4 is 10.1 Å². The second-order valence-electron chi connectivity index (χ2n) is 2.15. The molecule has 1 rings (SSSR count). The van der Waals surface area contributed by atoms with Gasteiger partial charge in [-0.3, -0.25) is 0 Å². The van der Waals surface area contributed by atoms with Crippen LogP contribution in [0.4, 0.5) is 23.4 Å². The highest BCUT2D eigenvalue weighted by Crippen LogP contribution is 2.32. The van der Waals surface area contributed by atoms with E-state index < -0.39 is 28.4 Å². The monoisotopic (exact) mass is 195 g/mol. The van der Waals surface area contributed by atoms with Crippen LogP contribution in [-0.4, -0.2) is 7.11 Å². The Balaban J connectivity index is 3.30. The molecule has 0 atom stereocenters. The Kier molecular flexibility index (Phi) is 2.60. The summed E-state index contributed by atoms with van der Waals surface area (Å²) in [5, 5.41) is -1.35. The maximum Gasteiger partial charge on any atom is 0.202 e. The number of nitrogens with zero attached hydrogens (tertiary/aromatic N) is 1. The topological polar surface area (TPSA) is 12.5 Å². The zero-order valence-electron chi connectivity index (χ0n) is 6.52. The van der Waals surface area contributed by atoms with Gasteiger partial charge in [0.15, 0.2) is 17.3 Å². The van der Waals surface area contributed by atoms with E-state index in [1.165, 1.54) is 0 Å². The zero-order chi connectivity index (χ0) is 10.0. The van der Waals surface area contributed by atoms with Crippen molar-refractivity contribution >= 4 is 5.69 Å². The maximum absolute atomic E-state index is 12.8. The highest BCUT2D eigenvalue weighted by Gasteiger charge is 2.18. The lowest BCUT2D eigenvalue weighted by Crippen LogP contribution is -2.02. The molecule has 0 heterocycles. The van der Waals surface area contributed by atoms with Gasteiger partial charge in [0.1, 0.15) is 0 Å². The molecule has 0 aromatic heterocycles. The van der Waals surface area contributed by atoms with E-state index in [1.54, 1.807) is 0 Å². The Hall–Kier alpha value is -1.46. The van der Waals surface area contributed by atoms with E-state index in [0.29, 0.717) is 6.07 Å². The number of hydrogen-bond acceptors (Lipinski definition) is 2. The summed E-state index contributed by atoms with van der Waals surface area (Å²) >= 11 is 0. The summed E-state index contributed by atoms with van der Waals surface area (Å²) < 4.78 is 53.5. The van der Waals surface area contributed by atoms with E-state index in [4.69, 9.17) is 0 Å². The Morgan fingerprint density at radius 3 is 2.31 bits per heavy atom. The smallest absolute Gasteiger partial charge is 0.202 e. The van der Waals surface area contributed by atoms with Crippen molar-refractivity contribution in [2.24, 2.45) is 0 Å². The van der Waals surface area contributed by atoms with Crippen LogP contribution in [0.25, 0.3) is 0 Å². The fraction of sp³-hybridized carbons (Fsp3) is 0.143. The van der Waals surface area contributed by atoms with E-state index in [-0.39, 0.29) is 0 Å².